The summed E-state index contributed by atoms with van der Waals surface area (Å²) in [6.45, 7) is 5.72. The number of piperazine rings is 1. The van der Waals surface area contributed by atoms with Gasteiger partial charge >= 0.3 is 0 Å². The van der Waals surface area contributed by atoms with Gasteiger partial charge in [0.15, 0.2) is 0 Å². The van der Waals surface area contributed by atoms with Gasteiger partial charge in [0.25, 0.3) is 0 Å². The van der Waals surface area contributed by atoms with Crippen molar-refractivity contribution in [2.75, 3.05) is 13.1 Å². The molecule has 0 aromatic rings. The summed E-state index contributed by atoms with van der Waals surface area (Å²) in [5.74, 6) is 0.479. The van der Waals surface area contributed by atoms with Crippen molar-refractivity contribution in [2.24, 2.45) is 0 Å². The van der Waals surface area contributed by atoms with Crippen LogP contribution in [0, 0.1) is 0 Å². The lowest BCUT2D eigenvalue weighted by molar-refractivity contribution is -0.139. The summed E-state index contributed by atoms with van der Waals surface area (Å²) in [4.78, 5) is 29.8. The minimum atomic E-state index is 0.197. The van der Waals surface area contributed by atoms with Gasteiger partial charge in [-0.3, -0.25) is 9.59 Å². The fraction of sp³-hybridized carbons (Fsp3) is 0.489. The van der Waals surface area contributed by atoms with Crippen LogP contribution in [0.1, 0.15) is 123 Å². The third kappa shape index (κ3) is 21.8. The van der Waals surface area contributed by atoms with Crippen molar-refractivity contribution in [1.82, 2.24) is 9.80 Å². The van der Waals surface area contributed by atoms with Crippen LogP contribution in [-0.2, 0) is 9.59 Å². The first-order chi connectivity index (χ1) is 25.2. The molecule has 0 saturated carbocycles. The van der Waals surface area contributed by atoms with Gasteiger partial charge in [-0.1, -0.05) is 148 Å². The molecule has 2 aliphatic rings. The number of fused-ring (bicyclic) bond motifs is 2. The first-order valence-corrected chi connectivity index (χ1v) is 19.9. The first-order valence-electron chi connectivity index (χ1n) is 19.9. The zero-order valence-corrected chi connectivity index (χ0v) is 32.0. The van der Waals surface area contributed by atoms with E-state index in [0.29, 0.717) is 25.9 Å². The molecule has 0 unspecified atom stereocenters. The van der Waals surface area contributed by atoms with Crippen molar-refractivity contribution in [3.05, 3.63) is 134 Å². The monoisotopic (exact) mass is 693 g/mol. The minimum absolute atomic E-state index is 0.197. The third-order valence-corrected chi connectivity index (χ3v) is 8.92. The Morgan fingerprint density at radius 3 is 1.04 bits per heavy atom. The number of nitrogens with zero attached hydrogens (tertiary/aromatic N) is 2. The van der Waals surface area contributed by atoms with Crippen LogP contribution < -0.4 is 0 Å². The van der Waals surface area contributed by atoms with Crippen molar-refractivity contribution >= 4 is 11.8 Å². The molecule has 2 atom stereocenters. The van der Waals surface area contributed by atoms with Crippen LogP contribution in [0.15, 0.2) is 134 Å². The largest absolute Gasteiger partial charge is 0.336 e. The lowest BCUT2D eigenvalue weighted by Crippen LogP contribution is -2.50. The summed E-state index contributed by atoms with van der Waals surface area (Å²) in [6.07, 6.45) is 64.1. The van der Waals surface area contributed by atoms with E-state index in [9.17, 15) is 9.59 Å². The standard InChI is InChI=1S/C47H68N2O2/c1-3-5-7-9-11-13-15-17-19-21-22-24-26-28-30-32-34-36-38-40-47(51)49-43-44-41-45(49)42-48(44)46(50)39-37-35-33-31-29-27-25-23-20-18-16-14-12-10-8-6-4-2/h5-8,11-14,17-20,22,24-25,27-28,30-31,33-34,36,44-45H,3-4,9-10,15-16,21,23,26,29,32,35,37-43H2,1-2H3/b7-5-,8-6-,13-11-,14-12-,19-17-,20-18-,24-22-,27-25-,30-28-,33-31-,36-34-/t44-,45-/m0/s1. The predicted octanol–water partition coefficient (Wildman–Crippen LogP) is 12.2. The molecule has 51 heavy (non-hydrogen) atoms. The molecule has 2 fully saturated rings. The number of hydrogen-bond acceptors (Lipinski definition) is 2. The van der Waals surface area contributed by atoms with Crippen LogP contribution in [0.3, 0.4) is 0 Å². The van der Waals surface area contributed by atoms with E-state index in [-0.39, 0.29) is 23.9 Å². The van der Waals surface area contributed by atoms with Gasteiger partial charge in [-0.25, -0.2) is 0 Å². The van der Waals surface area contributed by atoms with E-state index in [0.717, 1.165) is 96.3 Å². The highest BCUT2D eigenvalue weighted by Gasteiger charge is 2.46. The summed E-state index contributed by atoms with van der Waals surface area (Å²) >= 11 is 0. The van der Waals surface area contributed by atoms with E-state index in [4.69, 9.17) is 0 Å². The van der Waals surface area contributed by atoms with Gasteiger partial charge in [0, 0.05) is 25.9 Å². The van der Waals surface area contributed by atoms with Gasteiger partial charge in [-0.05, 0) is 96.3 Å². The zero-order chi connectivity index (χ0) is 36.5. The molecule has 2 rings (SSSR count). The van der Waals surface area contributed by atoms with Crippen molar-refractivity contribution in [3.63, 3.8) is 0 Å². The number of hydrogen-bond donors (Lipinski definition) is 0. The maximum absolute atomic E-state index is 12.9. The number of rotatable bonds is 27. The molecule has 278 valence electrons. The van der Waals surface area contributed by atoms with Crippen LogP contribution >= 0.6 is 0 Å². The molecule has 0 spiro atoms. The Kier molecular flexibility index (Phi) is 26.2. The van der Waals surface area contributed by atoms with Crippen LogP contribution in [0.5, 0.6) is 0 Å². The van der Waals surface area contributed by atoms with E-state index >= 15 is 0 Å². The highest BCUT2D eigenvalue weighted by atomic mass is 16.2. The SMILES string of the molecule is CC/C=C\C/C=C\C/C=C\C/C=C\C/C=C\C/C=C\CCC(=O)N1C[C@@H]2C[C@H]1CN2C(=O)CCC/C=C\C/C=C\C/C=C\C/C=C\C/C=C\CC. The molecule has 2 heterocycles. The van der Waals surface area contributed by atoms with E-state index in [2.05, 4.69) is 148 Å². The number of likely N-dealkylation sites (tertiary alicyclic amines) is 2. The Labute approximate surface area is 312 Å². The lowest BCUT2D eigenvalue weighted by atomic mass is 10.1. The minimum Gasteiger partial charge on any atom is -0.336 e. The molecule has 2 saturated heterocycles. The topological polar surface area (TPSA) is 40.6 Å². The number of allylic oxidation sites excluding steroid dienone is 22. The maximum Gasteiger partial charge on any atom is 0.223 e. The highest BCUT2D eigenvalue weighted by molar-refractivity contribution is 5.80. The fourth-order valence-electron chi connectivity index (χ4n) is 6.15. The summed E-state index contributed by atoms with van der Waals surface area (Å²) in [5, 5.41) is 0. The highest BCUT2D eigenvalue weighted by Crippen LogP contribution is 2.32. The van der Waals surface area contributed by atoms with Crippen LogP contribution in [-0.4, -0.2) is 46.8 Å². The number of carbonyl (C=O) groups is 2. The maximum atomic E-state index is 12.9. The molecule has 0 N–H and O–H groups in total. The molecular formula is C47H68N2O2. The van der Waals surface area contributed by atoms with Crippen molar-refractivity contribution in [2.45, 2.75) is 135 Å². The molecule has 4 nitrogen and oxygen atoms in total. The van der Waals surface area contributed by atoms with E-state index in [1.807, 2.05) is 9.80 Å². The van der Waals surface area contributed by atoms with Gasteiger partial charge in [-0.2, -0.15) is 0 Å². The third-order valence-electron chi connectivity index (χ3n) is 8.92. The number of carbonyl (C=O) groups excluding carboxylic acids is 2. The summed E-state index contributed by atoms with van der Waals surface area (Å²) in [6, 6.07) is 0.397. The molecule has 0 radical (unpaired) electrons. The Hall–Kier alpha value is -3.92. The summed E-state index contributed by atoms with van der Waals surface area (Å²) < 4.78 is 0. The molecule has 2 bridgehead atoms. The van der Waals surface area contributed by atoms with E-state index in [1.54, 1.807) is 0 Å². The van der Waals surface area contributed by atoms with Crippen molar-refractivity contribution in [1.29, 1.82) is 0 Å². The Morgan fingerprint density at radius 1 is 0.412 bits per heavy atom. The lowest BCUT2D eigenvalue weighted by Gasteiger charge is -2.34. The van der Waals surface area contributed by atoms with Gasteiger partial charge in [0.2, 0.25) is 11.8 Å². The second-order valence-corrected chi connectivity index (χ2v) is 13.2. The van der Waals surface area contributed by atoms with Crippen molar-refractivity contribution in [3.8, 4) is 0 Å². The van der Waals surface area contributed by atoms with Gasteiger partial charge < -0.3 is 9.80 Å². The van der Waals surface area contributed by atoms with Gasteiger partial charge in [0.1, 0.15) is 0 Å². The quantitative estimate of drug-likeness (QED) is 0.0635. The van der Waals surface area contributed by atoms with E-state index < -0.39 is 0 Å². The molecule has 2 aliphatic heterocycles. The molecule has 0 aromatic heterocycles. The Bertz CT molecular complexity index is 1270. The average Bonchev–Trinajstić information content (AvgIpc) is 3.76. The number of unbranched alkanes of at least 4 members (excludes halogenated alkanes) is 1. The fourth-order valence-corrected chi connectivity index (χ4v) is 6.15. The molecule has 0 aromatic carbocycles. The molecule has 2 amide bonds. The smallest absolute Gasteiger partial charge is 0.223 e. The van der Waals surface area contributed by atoms with Gasteiger partial charge in [-0.15, -0.1) is 0 Å². The normalized spacial score (nSPS) is 18.6. The summed E-state index contributed by atoms with van der Waals surface area (Å²) in [7, 11) is 0. The first kappa shape index (κ1) is 43.2. The van der Waals surface area contributed by atoms with Crippen LogP contribution in [0.2, 0.25) is 0 Å². The molecule has 4 heteroatoms. The summed E-state index contributed by atoms with van der Waals surface area (Å²) in [5.41, 5.74) is 0. The average molecular weight is 693 g/mol. The van der Waals surface area contributed by atoms with Crippen LogP contribution in [0.4, 0.5) is 0 Å². The van der Waals surface area contributed by atoms with Crippen molar-refractivity contribution < 1.29 is 9.59 Å². The zero-order valence-electron chi connectivity index (χ0n) is 32.0. The Balaban J connectivity index is 1.46. The second kappa shape index (κ2) is 30.9. The Morgan fingerprint density at radius 2 is 0.706 bits per heavy atom. The van der Waals surface area contributed by atoms with E-state index in [1.165, 1.54) is 0 Å². The predicted molar refractivity (Wildman–Crippen MR) is 221 cm³/mol. The molecule has 0 aliphatic carbocycles. The van der Waals surface area contributed by atoms with Crippen LogP contribution in [0.25, 0.3) is 0 Å². The second-order valence-electron chi connectivity index (χ2n) is 13.2. The molecular weight excluding hydrogens is 625 g/mol. The van der Waals surface area contributed by atoms with Gasteiger partial charge in [0.05, 0.1) is 12.1 Å². The number of amides is 2.